The summed E-state index contributed by atoms with van der Waals surface area (Å²) in [4.78, 5) is 16.0. The zero-order valence-corrected chi connectivity index (χ0v) is 12.5. The van der Waals surface area contributed by atoms with E-state index in [1.165, 1.54) is 5.56 Å². The Bertz CT molecular complexity index is 643. The van der Waals surface area contributed by atoms with E-state index >= 15 is 0 Å². The van der Waals surface area contributed by atoms with Gasteiger partial charge < -0.3 is 14.9 Å². The van der Waals surface area contributed by atoms with Gasteiger partial charge in [0.25, 0.3) is 5.91 Å². The predicted octanol–water partition coefficient (Wildman–Crippen LogP) is 2.42. The Morgan fingerprint density at radius 3 is 2.36 bits per heavy atom. The summed E-state index contributed by atoms with van der Waals surface area (Å²) in [6.45, 7) is 1.90. The fraction of sp³-hybridized carbons (Fsp3) is 0.278. The van der Waals surface area contributed by atoms with E-state index in [0.29, 0.717) is 6.54 Å². The lowest BCUT2D eigenvalue weighted by atomic mass is 10.1. The number of aliphatic hydroxyl groups is 1. The van der Waals surface area contributed by atoms with Gasteiger partial charge in [0.15, 0.2) is 0 Å². The van der Waals surface area contributed by atoms with Crippen molar-refractivity contribution in [1.29, 1.82) is 0 Å². The van der Waals surface area contributed by atoms with Crippen LogP contribution < -0.4 is 9.80 Å². The van der Waals surface area contributed by atoms with Crippen LogP contribution in [-0.4, -0.2) is 30.7 Å². The molecule has 1 aliphatic rings. The lowest BCUT2D eigenvalue weighted by Crippen LogP contribution is -2.33. The topological polar surface area (TPSA) is 43.8 Å². The number of para-hydroxylation sites is 2. The summed E-state index contributed by atoms with van der Waals surface area (Å²) < 4.78 is 0. The molecule has 0 aromatic heterocycles. The minimum atomic E-state index is -0.451. The van der Waals surface area contributed by atoms with Crippen molar-refractivity contribution in [1.82, 2.24) is 0 Å². The predicted molar refractivity (Wildman–Crippen MR) is 88.0 cm³/mol. The van der Waals surface area contributed by atoms with Gasteiger partial charge in [0, 0.05) is 19.6 Å². The van der Waals surface area contributed by atoms with E-state index in [-0.39, 0.29) is 5.91 Å². The number of amides is 1. The number of hydrogen-bond donors (Lipinski definition) is 1. The maximum Gasteiger partial charge on any atom is 0.252 e. The van der Waals surface area contributed by atoms with Crippen molar-refractivity contribution in [2.24, 2.45) is 0 Å². The Hall–Kier alpha value is -2.33. The highest BCUT2D eigenvalue weighted by Gasteiger charge is 2.23. The molecule has 1 aliphatic heterocycles. The van der Waals surface area contributed by atoms with E-state index in [1.54, 1.807) is 4.90 Å². The van der Waals surface area contributed by atoms with Gasteiger partial charge >= 0.3 is 0 Å². The average Bonchev–Trinajstić information content (AvgIpc) is 2.75. The first kappa shape index (κ1) is 14.6. The molecule has 0 unspecified atom stereocenters. The third kappa shape index (κ3) is 2.97. The zero-order valence-electron chi connectivity index (χ0n) is 12.5. The van der Waals surface area contributed by atoms with Crippen molar-refractivity contribution >= 4 is 17.3 Å². The van der Waals surface area contributed by atoms with Crippen molar-refractivity contribution in [3.8, 4) is 0 Å². The van der Waals surface area contributed by atoms with E-state index in [1.807, 2.05) is 42.5 Å². The van der Waals surface area contributed by atoms with Crippen LogP contribution in [0.5, 0.6) is 0 Å². The van der Waals surface area contributed by atoms with Gasteiger partial charge in [-0.25, -0.2) is 0 Å². The van der Waals surface area contributed by atoms with Crippen LogP contribution in [0.2, 0.25) is 0 Å². The molecule has 1 heterocycles. The molecule has 4 heteroatoms. The molecular formula is C18H20N2O2. The third-order valence-electron chi connectivity index (χ3n) is 3.98. The highest BCUT2D eigenvalue weighted by molar-refractivity contribution is 5.97. The Labute approximate surface area is 130 Å². The van der Waals surface area contributed by atoms with E-state index in [2.05, 4.69) is 17.0 Å². The molecule has 0 aliphatic carbocycles. The lowest BCUT2D eigenvalue weighted by molar-refractivity contribution is -0.121. The Kier molecular flexibility index (Phi) is 4.39. The second kappa shape index (κ2) is 6.62. The Balaban J connectivity index is 1.93. The molecule has 2 aromatic carbocycles. The molecule has 0 saturated carbocycles. The largest absolute Gasteiger partial charge is 0.387 e. The zero-order chi connectivity index (χ0) is 15.4. The number of carbonyl (C=O) groups is 1. The maximum absolute atomic E-state index is 12.0. The molecule has 22 heavy (non-hydrogen) atoms. The molecule has 0 radical (unpaired) electrons. The van der Waals surface area contributed by atoms with E-state index in [0.717, 1.165) is 30.9 Å². The van der Waals surface area contributed by atoms with Crippen molar-refractivity contribution in [3.05, 3.63) is 60.2 Å². The van der Waals surface area contributed by atoms with Crippen molar-refractivity contribution in [2.75, 3.05) is 29.5 Å². The minimum Gasteiger partial charge on any atom is -0.387 e. The average molecular weight is 296 g/mol. The number of fused-ring (bicyclic) bond motifs is 1. The number of benzene rings is 2. The van der Waals surface area contributed by atoms with Crippen molar-refractivity contribution in [3.63, 3.8) is 0 Å². The molecule has 1 N–H and O–H groups in total. The summed E-state index contributed by atoms with van der Waals surface area (Å²) in [6, 6.07) is 18.2. The van der Waals surface area contributed by atoms with Crippen molar-refractivity contribution < 1.29 is 9.90 Å². The fourth-order valence-corrected chi connectivity index (χ4v) is 2.93. The number of hydrogen-bond acceptors (Lipinski definition) is 3. The molecule has 0 atom stereocenters. The maximum atomic E-state index is 12.0. The normalized spacial score (nSPS) is 14.4. The van der Waals surface area contributed by atoms with Gasteiger partial charge in [-0.2, -0.15) is 0 Å². The van der Waals surface area contributed by atoms with Crippen LogP contribution in [-0.2, 0) is 11.3 Å². The molecule has 0 fully saturated rings. The molecular weight excluding hydrogens is 276 g/mol. The Morgan fingerprint density at radius 2 is 1.64 bits per heavy atom. The number of carbonyl (C=O) groups excluding carboxylic acids is 1. The first-order chi connectivity index (χ1) is 10.8. The van der Waals surface area contributed by atoms with E-state index < -0.39 is 6.61 Å². The van der Waals surface area contributed by atoms with Gasteiger partial charge in [0.2, 0.25) is 0 Å². The standard InChI is InChI=1S/C18H20N2O2/c21-14-18(22)20-12-6-11-19(13-15-7-2-1-3-8-15)16-9-4-5-10-17(16)20/h1-5,7-10,21H,6,11-14H2. The molecule has 114 valence electrons. The summed E-state index contributed by atoms with van der Waals surface area (Å²) in [5.41, 5.74) is 3.18. The molecule has 0 spiro atoms. The van der Waals surface area contributed by atoms with Crippen LogP contribution in [0.3, 0.4) is 0 Å². The van der Waals surface area contributed by atoms with Crippen LogP contribution in [0, 0.1) is 0 Å². The highest BCUT2D eigenvalue weighted by atomic mass is 16.3. The van der Waals surface area contributed by atoms with Crippen LogP contribution in [0.15, 0.2) is 54.6 Å². The quantitative estimate of drug-likeness (QED) is 0.946. The molecule has 2 aromatic rings. The Morgan fingerprint density at radius 1 is 0.955 bits per heavy atom. The van der Waals surface area contributed by atoms with Crippen LogP contribution >= 0.6 is 0 Å². The van der Waals surface area contributed by atoms with Crippen LogP contribution in [0.1, 0.15) is 12.0 Å². The van der Waals surface area contributed by atoms with Gasteiger partial charge in [0.1, 0.15) is 6.61 Å². The summed E-state index contributed by atoms with van der Waals surface area (Å²) in [5.74, 6) is -0.242. The van der Waals surface area contributed by atoms with Gasteiger partial charge in [0.05, 0.1) is 11.4 Å². The summed E-state index contributed by atoms with van der Waals surface area (Å²) in [7, 11) is 0. The smallest absolute Gasteiger partial charge is 0.252 e. The fourth-order valence-electron chi connectivity index (χ4n) is 2.93. The lowest BCUT2D eigenvalue weighted by Gasteiger charge is -2.26. The molecule has 0 bridgehead atoms. The number of anilines is 2. The van der Waals surface area contributed by atoms with E-state index in [9.17, 15) is 9.90 Å². The highest BCUT2D eigenvalue weighted by Crippen LogP contribution is 2.33. The van der Waals surface area contributed by atoms with Gasteiger partial charge in [-0.05, 0) is 24.1 Å². The number of nitrogens with zero attached hydrogens (tertiary/aromatic N) is 2. The van der Waals surface area contributed by atoms with Crippen LogP contribution in [0.25, 0.3) is 0 Å². The van der Waals surface area contributed by atoms with E-state index in [4.69, 9.17) is 0 Å². The first-order valence-corrected chi connectivity index (χ1v) is 7.58. The summed E-state index contributed by atoms with van der Waals surface area (Å²) in [6.07, 6.45) is 0.882. The SMILES string of the molecule is O=C(CO)N1CCCN(Cc2ccccc2)c2ccccc21. The molecule has 0 saturated heterocycles. The third-order valence-corrected chi connectivity index (χ3v) is 3.98. The molecule has 4 nitrogen and oxygen atoms in total. The van der Waals surface area contributed by atoms with Crippen LogP contribution in [0.4, 0.5) is 11.4 Å². The minimum absolute atomic E-state index is 0.242. The van der Waals surface area contributed by atoms with Crippen molar-refractivity contribution in [2.45, 2.75) is 13.0 Å². The summed E-state index contributed by atoms with van der Waals surface area (Å²) in [5, 5.41) is 9.20. The molecule has 3 rings (SSSR count). The second-order valence-corrected chi connectivity index (χ2v) is 5.45. The summed E-state index contributed by atoms with van der Waals surface area (Å²) >= 11 is 0. The number of aliphatic hydroxyl groups excluding tert-OH is 1. The molecule has 1 amide bonds. The monoisotopic (exact) mass is 296 g/mol. The van der Waals surface area contributed by atoms with Gasteiger partial charge in [-0.15, -0.1) is 0 Å². The van der Waals surface area contributed by atoms with Gasteiger partial charge in [-0.3, -0.25) is 4.79 Å². The first-order valence-electron chi connectivity index (χ1n) is 7.58. The number of rotatable bonds is 3. The second-order valence-electron chi connectivity index (χ2n) is 5.45. The van der Waals surface area contributed by atoms with Gasteiger partial charge in [-0.1, -0.05) is 42.5 Å².